The first-order valence-corrected chi connectivity index (χ1v) is 9.67. The lowest BCUT2D eigenvalue weighted by Gasteiger charge is -2.19. The summed E-state index contributed by atoms with van der Waals surface area (Å²) >= 11 is 5.94. The molecule has 1 heterocycles. The molecule has 0 aliphatic heterocycles. The van der Waals surface area contributed by atoms with Crippen LogP contribution in [0.1, 0.15) is 29.9 Å². The van der Waals surface area contributed by atoms with E-state index >= 15 is 0 Å². The predicted molar refractivity (Wildman–Crippen MR) is 112 cm³/mol. The monoisotopic (exact) mass is 412 g/mol. The van der Waals surface area contributed by atoms with Crippen LogP contribution in [0.25, 0.3) is 5.69 Å². The Bertz CT molecular complexity index is 1120. The Hall–Kier alpha value is -3.19. The van der Waals surface area contributed by atoms with Gasteiger partial charge in [-0.2, -0.15) is 9.78 Å². The van der Waals surface area contributed by atoms with E-state index in [4.69, 9.17) is 11.6 Å². The number of amides is 1. The molecule has 0 saturated carbocycles. The van der Waals surface area contributed by atoms with Gasteiger partial charge in [-0.3, -0.25) is 14.2 Å². The van der Waals surface area contributed by atoms with Crippen LogP contribution in [0, 0.1) is 0 Å². The van der Waals surface area contributed by atoms with E-state index in [1.165, 1.54) is 4.90 Å². The van der Waals surface area contributed by atoms with Crippen LogP contribution in [0.5, 0.6) is 0 Å². The minimum absolute atomic E-state index is 0.0349. The molecule has 0 fully saturated rings. The summed E-state index contributed by atoms with van der Waals surface area (Å²) in [6.07, 6.45) is 0. The highest BCUT2D eigenvalue weighted by Gasteiger charge is 2.23. The van der Waals surface area contributed by atoms with Crippen LogP contribution < -0.4 is 11.2 Å². The van der Waals surface area contributed by atoms with Crippen LogP contribution in [0.3, 0.4) is 0 Å². The molecule has 0 radical (unpaired) electrons. The number of carbonyl (C=O) groups is 1. The molecule has 0 unspecified atom stereocenters. The summed E-state index contributed by atoms with van der Waals surface area (Å²) in [5, 5.41) is 4.63. The third kappa shape index (κ3) is 4.30. The van der Waals surface area contributed by atoms with Crippen molar-refractivity contribution in [1.29, 1.82) is 0 Å². The Morgan fingerprint density at radius 3 is 2.21 bits per heavy atom. The standard InChI is InChI=1S/C21H21ClN4O3/c1-3-24(4-2)19(27)18-20(28)25(14-15-8-6-5-7-9-15)21(29)26(23-18)17-12-10-16(22)11-13-17/h5-13H,3-4,14H2,1-2H3. The number of rotatable bonds is 6. The molecule has 150 valence electrons. The molecule has 0 N–H and O–H groups in total. The van der Waals surface area contributed by atoms with Gasteiger partial charge >= 0.3 is 5.69 Å². The van der Waals surface area contributed by atoms with Crippen LogP contribution in [0.15, 0.2) is 64.2 Å². The van der Waals surface area contributed by atoms with Crippen LogP contribution in [-0.4, -0.2) is 38.2 Å². The maximum atomic E-state index is 13.1. The molecule has 0 atom stereocenters. The van der Waals surface area contributed by atoms with Gasteiger partial charge in [0.2, 0.25) is 5.69 Å². The van der Waals surface area contributed by atoms with Crippen molar-refractivity contribution in [2.45, 2.75) is 20.4 Å². The predicted octanol–water partition coefficient (Wildman–Crippen LogP) is 2.58. The third-order valence-electron chi connectivity index (χ3n) is 4.57. The summed E-state index contributed by atoms with van der Waals surface area (Å²) in [7, 11) is 0. The summed E-state index contributed by atoms with van der Waals surface area (Å²) < 4.78 is 2.10. The Kier molecular flexibility index (Phi) is 6.29. The number of aromatic nitrogens is 3. The summed E-state index contributed by atoms with van der Waals surface area (Å²) in [5.41, 5.74) is -0.450. The maximum Gasteiger partial charge on any atom is 0.352 e. The molecule has 1 amide bonds. The van der Waals surface area contributed by atoms with E-state index < -0.39 is 17.2 Å². The van der Waals surface area contributed by atoms with Crippen molar-refractivity contribution in [3.05, 3.63) is 91.7 Å². The molecular weight excluding hydrogens is 392 g/mol. The molecule has 7 nitrogen and oxygen atoms in total. The van der Waals surface area contributed by atoms with Crippen molar-refractivity contribution >= 4 is 17.5 Å². The molecule has 8 heteroatoms. The molecule has 3 rings (SSSR count). The summed E-state index contributed by atoms with van der Waals surface area (Å²) in [4.78, 5) is 40.5. The SMILES string of the molecule is CCN(CC)C(=O)c1nn(-c2ccc(Cl)cc2)c(=O)n(Cc2ccccc2)c1=O. The molecule has 0 aliphatic rings. The fourth-order valence-corrected chi connectivity index (χ4v) is 3.09. The average Bonchev–Trinajstić information content (AvgIpc) is 2.73. The average molecular weight is 413 g/mol. The molecule has 29 heavy (non-hydrogen) atoms. The Labute approximate surface area is 172 Å². The molecule has 0 spiro atoms. The second-order valence-electron chi connectivity index (χ2n) is 6.37. The maximum absolute atomic E-state index is 13.1. The second-order valence-corrected chi connectivity index (χ2v) is 6.81. The van der Waals surface area contributed by atoms with Gasteiger partial charge in [-0.25, -0.2) is 4.79 Å². The van der Waals surface area contributed by atoms with Gasteiger partial charge in [-0.05, 0) is 43.7 Å². The van der Waals surface area contributed by atoms with Crippen LogP contribution >= 0.6 is 11.6 Å². The van der Waals surface area contributed by atoms with E-state index in [9.17, 15) is 14.4 Å². The number of hydrogen-bond acceptors (Lipinski definition) is 4. The van der Waals surface area contributed by atoms with Gasteiger partial charge in [0.05, 0.1) is 12.2 Å². The highest BCUT2D eigenvalue weighted by Crippen LogP contribution is 2.11. The zero-order valence-electron chi connectivity index (χ0n) is 16.2. The lowest BCUT2D eigenvalue weighted by atomic mass is 10.2. The van der Waals surface area contributed by atoms with Crippen molar-refractivity contribution in [3.8, 4) is 5.69 Å². The number of hydrogen-bond donors (Lipinski definition) is 0. The van der Waals surface area contributed by atoms with Gasteiger partial charge in [0.15, 0.2) is 0 Å². The van der Waals surface area contributed by atoms with E-state index in [2.05, 4.69) is 5.10 Å². The summed E-state index contributed by atoms with van der Waals surface area (Å²) in [6, 6.07) is 15.6. The molecule has 0 bridgehead atoms. The number of carbonyl (C=O) groups excluding carboxylic acids is 1. The number of halogens is 1. The Balaban J connectivity index is 2.23. The van der Waals surface area contributed by atoms with Crippen LogP contribution in [0.4, 0.5) is 0 Å². The van der Waals surface area contributed by atoms with Gasteiger partial charge < -0.3 is 4.90 Å². The van der Waals surface area contributed by atoms with E-state index in [1.807, 2.05) is 44.2 Å². The first-order valence-electron chi connectivity index (χ1n) is 9.29. The highest BCUT2D eigenvalue weighted by atomic mass is 35.5. The zero-order chi connectivity index (χ0) is 21.0. The van der Waals surface area contributed by atoms with Crippen LogP contribution in [-0.2, 0) is 6.54 Å². The minimum atomic E-state index is -0.707. The topological polar surface area (TPSA) is 77.2 Å². The largest absolute Gasteiger partial charge is 0.352 e. The van der Waals surface area contributed by atoms with Gasteiger partial charge in [0.25, 0.3) is 11.5 Å². The zero-order valence-corrected chi connectivity index (χ0v) is 17.0. The molecule has 0 saturated heterocycles. The van der Waals surface area contributed by atoms with E-state index in [0.717, 1.165) is 14.8 Å². The van der Waals surface area contributed by atoms with E-state index in [1.54, 1.807) is 24.3 Å². The van der Waals surface area contributed by atoms with Gasteiger partial charge in [0, 0.05) is 18.1 Å². The lowest BCUT2D eigenvalue weighted by Crippen LogP contribution is -2.46. The van der Waals surface area contributed by atoms with E-state index in [-0.39, 0.29) is 12.2 Å². The smallest absolute Gasteiger partial charge is 0.338 e. The molecular formula is C21H21ClN4O3. The minimum Gasteiger partial charge on any atom is -0.338 e. The number of benzene rings is 2. The molecule has 2 aromatic carbocycles. The van der Waals surface area contributed by atoms with Crippen molar-refractivity contribution in [2.75, 3.05) is 13.1 Å². The van der Waals surface area contributed by atoms with E-state index in [0.29, 0.717) is 23.8 Å². The normalized spacial score (nSPS) is 10.7. The highest BCUT2D eigenvalue weighted by molar-refractivity contribution is 6.30. The van der Waals surface area contributed by atoms with Crippen LogP contribution in [0.2, 0.25) is 5.02 Å². The van der Waals surface area contributed by atoms with Gasteiger partial charge in [-0.15, -0.1) is 0 Å². The van der Waals surface area contributed by atoms with Crippen molar-refractivity contribution in [3.63, 3.8) is 0 Å². The van der Waals surface area contributed by atoms with Crippen molar-refractivity contribution in [2.24, 2.45) is 0 Å². The lowest BCUT2D eigenvalue weighted by molar-refractivity contribution is 0.0761. The Morgan fingerprint density at radius 1 is 1.00 bits per heavy atom. The fraction of sp³-hybridized carbons (Fsp3) is 0.238. The van der Waals surface area contributed by atoms with Crippen molar-refractivity contribution < 1.29 is 4.79 Å². The molecule has 3 aromatic rings. The first-order chi connectivity index (χ1) is 14.0. The molecule has 1 aromatic heterocycles. The third-order valence-corrected chi connectivity index (χ3v) is 4.82. The summed E-state index contributed by atoms with van der Waals surface area (Å²) in [5.74, 6) is -0.510. The quantitative estimate of drug-likeness (QED) is 0.623. The van der Waals surface area contributed by atoms with Crippen molar-refractivity contribution in [1.82, 2.24) is 19.2 Å². The van der Waals surface area contributed by atoms with Gasteiger partial charge in [0.1, 0.15) is 0 Å². The van der Waals surface area contributed by atoms with Gasteiger partial charge in [-0.1, -0.05) is 41.9 Å². The first kappa shape index (κ1) is 20.5. The second kappa shape index (κ2) is 8.87. The fourth-order valence-electron chi connectivity index (χ4n) is 2.97. The molecule has 0 aliphatic carbocycles. The summed E-state index contributed by atoms with van der Waals surface area (Å²) in [6.45, 7) is 4.52. The Morgan fingerprint density at radius 2 is 1.62 bits per heavy atom. The number of nitrogens with zero attached hydrogens (tertiary/aromatic N) is 4.